The lowest BCUT2D eigenvalue weighted by Gasteiger charge is -2.46. The van der Waals surface area contributed by atoms with Crippen molar-refractivity contribution in [1.82, 2.24) is 4.90 Å². The SMILES string of the molecule is COC(=O)C(C(=O)OC)[C@@H]1[C@@H](OC)N(Cc2ccccc2)C=C(C(N)=O)[C@H]1C(C(=O)OC)C(=O)OC. The molecule has 36 heavy (non-hydrogen) atoms. The van der Waals surface area contributed by atoms with Gasteiger partial charge in [0.15, 0.2) is 11.8 Å². The summed E-state index contributed by atoms with van der Waals surface area (Å²) in [6.45, 7) is 0.162. The van der Waals surface area contributed by atoms with Crippen LogP contribution < -0.4 is 5.73 Å². The van der Waals surface area contributed by atoms with Gasteiger partial charge in [-0.2, -0.15) is 0 Å². The molecule has 2 N–H and O–H groups in total. The molecule has 2 rings (SSSR count). The first kappa shape index (κ1) is 28.3. The lowest BCUT2D eigenvalue weighted by molar-refractivity contribution is -0.181. The van der Waals surface area contributed by atoms with Crippen LogP contribution in [-0.4, -0.2) is 76.5 Å². The maximum atomic E-state index is 12.9. The monoisotopic (exact) mass is 506 g/mol. The van der Waals surface area contributed by atoms with Gasteiger partial charge in [0.05, 0.1) is 28.4 Å². The molecule has 1 aliphatic rings. The summed E-state index contributed by atoms with van der Waals surface area (Å²) in [6, 6.07) is 9.05. The van der Waals surface area contributed by atoms with E-state index in [9.17, 15) is 24.0 Å². The average Bonchev–Trinajstić information content (AvgIpc) is 2.89. The number of hydrogen-bond acceptors (Lipinski definition) is 11. The second kappa shape index (κ2) is 12.7. The first-order valence-corrected chi connectivity index (χ1v) is 10.8. The van der Waals surface area contributed by atoms with Crippen molar-refractivity contribution >= 4 is 29.8 Å². The lowest BCUT2D eigenvalue weighted by atomic mass is 9.68. The Morgan fingerprint density at radius 3 is 1.69 bits per heavy atom. The summed E-state index contributed by atoms with van der Waals surface area (Å²) >= 11 is 0. The highest BCUT2D eigenvalue weighted by Crippen LogP contribution is 2.44. The third kappa shape index (κ3) is 5.82. The van der Waals surface area contributed by atoms with Crippen molar-refractivity contribution in [2.45, 2.75) is 12.8 Å². The largest absolute Gasteiger partial charge is 0.468 e. The van der Waals surface area contributed by atoms with Crippen LogP contribution in [0.3, 0.4) is 0 Å². The van der Waals surface area contributed by atoms with E-state index >= 15 is 0 Å². The van der Waals surface area contributed by atoms with Gasteiger partial charge in [0.2, 0.25) is 5.91 Å². The molecular weight excluding hydrogens is 476 g/mol. The van der Waals surface area contributed by atoms with Crippen LogP contribution in [0, 0.1) is 23.7 Å². The predicted octanol–water partition coefficient (Wildman–Crippen LogP) is 0.000700. The molecule has 12 heteroatoms. The molecule has 0 unspecified atom stereocenters. The van der Waals surface area contributed by atoms with E-state index in [1.54, 1.807) is 17.0 Å². The van der Waals surface area contributed by atoms with Gasteiger partial charge in [-0.05, 0) is 5.56 Å². The second-order valence-corrected chi connectivity index (χ2v) is 7.88. The number of rotatable bonds is 10. The average molecular weight is 507 g/mol. The molecule has 1 amide bonds. The van der Waals surface area contributed by atoms with Crippen LogP contribution in [-0.2, 0) is 54.2 Å². The molecule has 0 aliphatic carbocycles. The summed E-state index contributed by atoms with van der Waals surface area (Å²) in [5.74, 6) is -11.5. The molecular formula is C24H30N2O10. The van der Waals surface area contributed by atoms with Crippen LogP contribution in [0.25, 0.3) is 0 Å². The Balaban J connectivity index is 2.87. The minimum Gasteiger partial charge on any atom is -0.468 e. The van der Waals surface area contributed by atoms with Crippen LogP contribution in [0.1, 0.15) is 5.56 Å². The summed E-state index contributed by atoms with van der Waals surface area (Å²) in [5.41, 5.74) is 6.26. The summed E-state index contributed by atoms with van der Waals surface area (Å²) < 4.78 is 25.0. The van der Waals surface area contributed by atoms with E-state index in [1.807, 2.05) is 18.2 Å². The standard InChI is InChI=1S/C24H30N2O10/c1-32-20-16(18(23(30)35-4)24(31)36-5)15(17(21(28)33-2)22(29)34-3)14(19(25)27)12-26(20)11-13-9-7-6-8-10-13/h6-10,12,15-18,20H,11H2,1-5H3,(H2,25,27)/t15-,16-,20-/m1/s1. The van der Waals surface area contributed by atoms with Crippen LogP contribution in [0.4, 0.5) is 0 Å². The highest BCUT2D eigenvalue weighted by Gasteiger charge is 2.57. The molecule has 0 aromatic heterocycles. The van der Waals surface area contributed by atoms with E-state index in [1.165, 1.54) is 13.3 Å². The number of ether oxygens (including phenoxy) is 5. The van der Waals surface area contributed by atoms with Crippen molar-refractivity contribution in [2.75, 3.05) is 35.5 Å². The van der Waals surface area contributed by atoms with Gasteiger partial charge < -0.3 is 34.3 Å². The summed E-state index contributed by atoms with van der Waals surface area (Å²) in [4.78, 5) is 65.6. The number of benzene rings is 1. The Morgan fingerprint density at radius 2 is 1.28 bits per heavy atom. The number of methoxy groups -OCH3 is 5. The van der Waals surface area contributed by atoms with E-state index < -0.39 is 59.7 Å². The maximum Gasteiger partial charge on any atom is 0.320 e. The quantitative estimate of drug-likeness (QED) is 0.258. The summed E-state index contributed by atoms with van der Waals surface area (Å²) in [5, 5.41) is 0. The molecule has 0 saturated heterocycles. The Morgan fingerprint density at radius 1 is 0.806 bits per heavy atom. The number of carbonyl (C=O) groups is 5. The first-order chi connectivity index (χ1) is 17.2. The maximum absolute atomic E-state index is 12.9. The fraction of sp³-hybridized carbons (Fsp3) is 0.458. The first-order valence-electron chi connectivity index (χ1n) is 10.8. The third-order valence-electron chi connectivity index (χ3n) is 6.03. The van der Waals surface area contributed by atoms with Gasteiger partial charge in [-0.15, -0.1) is 0 Å². The minimum atomic E-state index is -1.77. The third-order valence-corrected chi connectivity index (χ3v) is 6.03. The second-order valence-electron chi connectivity index (χ2n) is 7.88. The Bertz CT molecular complexity index is 977. The number of hydrogen-bond donors (Lipinski definition) is 1. The zero-order chi connectivity index (χ0) is 27.0. The smallest absolute Gasteiger partial charge is 0.320 e. The zero-order valence-electron chi connectivity index (χ0n) is 20.7. The molecule has 0 spiro atoms. The van der Waals surface area contributed by atoms with Gasteiger partial charge in [-0.25, -0.2) is 0 Å². The number of amides is 1. The normalized spacial score (nSPS) is 19.4. The Labute approximate surface area is 208 Å². The number of nitrogens with two attached hydrogens (primary N) is 1. The summed E-state index contributed by atoms with van der Waals surface area (Å²) in [6.07, 6.45) is 0.216. The van der Waals surface area contributed by atoms with E-state index in [-0.39, 0.29) is 12.1 Å². The highest BCUT2D eigenvalue weighted by molar-refractivity contribution is 6.01. The zero-order valence-corrected chi connectivity index (χ0v) is 20.7. The summed E-state index contributed by atoms with van der Waals surface area (Å²) in [7, 11) is 5.51. The predicted molar refractivity (Wildman–Crippen MR) is 122 cm³/mol. The van der Waals surface area contributed by atoms with Crippen LogP contribution in [0.5, 0.6) is 0 Å². The molecule has 0 saturated carbocycles. The van der Waals surface area contributed by atoms with E-state index in [0.717, 1.165) is 34.0 Å². The molecule has 1 heterocycles. The van der Waals surface area contributed by atoms with Gasteiger partial charge in [0.1, 0.15) is 6.23 Å². The number of nitrogens with zero attached hydrogens (tertiary/aromatic N) is 1. The molecule has 1 aromatic carbocycles. The van der Waals surface area contributed by atoms with Gasteiger partial charge >= 0.3 is 23.9 Å². The molecule has 0 radical (unpaired) electrons. The number of carbonyl (C=O) groups excluding carboxylic acids is 5. The van der Waals surface area contributed by atoms with Crippen LogP contribution >= 0.6 is 0 Å². The molecule has 1 aromatic rings. The van der Waals surface area contributed by atoms with Crippen molar-refractivity contribution in [3.63, 3.8) is 0 Å². The van der Waals surface area contributed by atoms with Crippen molar-refractivity contribution in [3.05, 3.63) is 47.7 Å². The lowest BCUT2D eigenvalue weighted by Crippen LogP contribution is -2.57. The molecule has 0 fully saturated rings. The molecule has 0 bridgehead atoms. The Kier molecular flexibility index (Phi) is 9.97. The molecule has 3 atom stereocenters. The molecule has 12 nitrogen and oxygen atoms in total. The number of primary amides is 1. The number of esters is 4. The topological polar surface area (TPSA) is 161 Å². The van der Waals surface area contributed by atoms with Gasteiger partial charge in [0.25, 0.3) is 0 Å². The van der Waals surface area contributed by atoms with Gasteiger partial charge in [-0.3, -0.25) is 24.0 Å². The minimum absolute atomic E-state index is 0.162. The molecule has 196 valence electrons. The van der Waals surface area contributed by atoms with Crippen molar-refractivity contribution in [2.24, 2.45) is 29.4 Å². The van der Waals surface area contributed by atoms with Crippen molar-refractivity contribution in [1.29, 1.82) is 0 Å². The van der Waals surface area contributed by atoms with E-state index in [0.29, 0.717) is 0 Å². The molecule has 1 aliphatic heterocycles. The van der Waals surface area contributed by atoms with Crippen molar-refractivity contribution < 1.29 is 47.7 Å². The van der Waals surface area contributed by atoms with E-state index in [4.69, 9.17) is 29.4 Å². The highest BCUT2D eigenvalue weighted by atomic mass is 16.6. The van der Waals surface area contributed by atoms with Gasteiger partial charge in [0, 0.05) is 37.3 Å². The van der Waals surface area contributed by atoms with Gasteiger partial charge in [-0.1, -0.05) is 30.3 Å². The Hall–Kier alpha value is -3.93. The van der Waals surface area contributed by atoms with E-state index in [2.05, 4.69) is 0 Å². The van der Waals surface area contributed by atoms with Crippen molar-refractivity contribution in [3.8, 4) is 0 Å². The van der Waals surface area contributed by atoms with Crippen LogP contribution in [0.2, 0.25) is 0 Å². The van der Waals surface area contributed by atoms with Crippen LogP contribution in [0.15, 0.2) is 42.1 Å². The fourth-order valence-electron chi connectivity index (χ4n) is 4.48. The fourth-order valence-corrected chi connectivity index (χ4v) is 4.48.